The van der Waals surface area contributed by atoms with Crippen molar-refractivity contribution in [3.8, 4) is 0 Å². The second-order valence-corrected chi connectivity index (χ2v) is 4.63. The van der Waals surface area contributed by atoms with E-state index < -0.39 is 0 Å². The fourth-order valence-corrected chi connectivity index (χ4v) is 2.12. The van der Waals surface area contributed by atoms with Gasteiger partial charge in [0.05, 0.1) is 0 Å². The van der Waals surface area contributed by atoms with Crippen molar-refractivity contribution >= 4 is 5.91 Å². The summed E-state index contributed by atoms with van der Waals surface area (Å²) in [6, 6.07) is 6.50. The lowest BCUT2D eigenvalue weighted by atomic mass is 9.96. The molecule has 1 aliphatic heterocycles. The van der Waals surface area contributed by atoms with Crippen LogP contribution in [0.5, 0.6) is 0 Å². The van der Waals surface area contributed by atoms with E-state index >= 15 is 0 Å². The van der Waals surface area contributed by atoms with Crippen LogP contribution in [0.25, 0.3) is 0 Å². The minimum Gasteiger partial charge on any atom is -0.381 e. The number of benzene rings is 1. The van der Waals surface area contributed by atoms with Crippen LogP contribution in [0, 0.1) is 11.7 Å². The SMILES string of the molecule is O=C(CC1CCOCC1)NCc1ccccc1F. The molecule has 98 valence electrons. The van der Waals surface area contributed by atoms with E-state index in [1.165, 1.54) is 6.07 Å². The van der Waals surface area contributed by atoms with Gasteiger partial charge in [-0.1, -0.05) is 18.2 Å². The number of amides is 1. The Morgan fingerprint density at radius 1 is 1.33 bits per heavy atom. The predicted octanol–water partition coefficient (Wildman–Crippen LogP) is 2.26. The maximum absolute atomic E-state index is 13.3. The molecule has 1 aromatic carbocycles. The van der Waals surface area contributed by atoms with Crippen molar-refractivity contribution in [1.29, 1.82) is 0 Å². The Morgan fingerprint density at radius 2 is 2.06 bits per heavy atom. The summed E-state index contributed by atoms with van der Waals surface area (Å²) in [4.78, 5) is 11.7. The molecule has 1 fully saturated rings. The lowest BCUT2D eigenvalue weighted by molar-refractivity contribution is -0.122. The van der Waals surface area contributed by atoms with Crippen LogP contribution in [0.2, 0.25) is 0 Å². The van der Waals surface area contributed by atoms with Crippen molar-refractivity contribution in [2.75, 3.05) is 13.2 Å². The lowest BCUT2D eigenvalue weighted by Crippen LogP contribution is -2.27. The summed E-state index contributed by atoms with van der Waals surface area (Å²) in [5.74, 6) is 0.119. The number of hydrogen-bond donors (Lipinski definition) is 1. The molecule has 1 aromatic rings. The van der Waals surface area contributed by atoms with E-state index in [1.54, 1.807) is 18.2 Å². The maximum Gasteiger partial charge on any atom is 0.220 e. The molecule has 1 heterocycles. The molecule has 0 spiro atoms. The van der Waals surface area contributed by atoms with Gasteiger partial charge >= 0.3 is 0 Å². The molecule has 0 bridgehead atoms. The van der Waals surface area contributed by atoms with Crippen molar-refractivity contribution in [3.05, 3.63) is 35.6 Å². The van der Waals surface area contributed by atoms with Crippen LogP contribution in [0.3, 0.4) is 0 Å². The van der Waals surface area contributed by atoms with E-state index in [0.717, 1.165) is 26.1 Å². The van der Waals surface area contributed by atoms with Gasteiger partial charge in [-0.3, -0.25) is 4.79 Å². The molecule has 0 saturated carbocycles. The molecule has 1 saturated heterocycles. The van der Waals surface area contributed by atoms with Gasteiger partial charge in [0, 0.05) is 31.7 Å². The van der Waals surface area contributed by atoms with Crippen molar-refractivity contribution in [2.45, 2.75) is 25.8 Å². The van der Waals surface area contributed by atoms with Gasteiger partial charge in [0.1, 0.15) is 5.82 Å². The van der Waals surface area contributed by atoms with Gasteiger partial charge in [-0.05, 0) is 24.8 Å². The maximum atomic E-state index is 13.3. The van der Waals surface area contributed by atoms with Crippen molar-refractivity contribution < 1.29 is 13.9 Å². The molecule has 2 rings (SSSR count). The first-order valence-electron chi connectivity index (χ1n) is 6.33. The standard InChI is InChI=1S/C14H18FNO2/c15-13-4-2-1-3-12(13)10-16-14(17)9-11-5-7-18-8-6-11/h1-4,11H,5-10H2,(H,16,17). The quantitative estimate of drug-likeness (QED) is 0.891. The molecule has 0 atom stereocenters. The van der Waals surface area contributed by atoms with Gasteiger partial charge in [-0.15, -0.1) is 0 Å². The first-order chi connectivity index (χ1) is 8.75. The minimum atomic E-state index is -0.274. The number of rotatable bonds is 4. The zero-order valence-electron chi connectivity index (χ0n) is 10.3. The Labute approximate surface area is 106 Å². The summed E-state index contributed by atoms with van der Waals surface area (Å²) < 4.78 is 18.6. The number of nitrogens with one attached hydrogen (secondary N) is 1. The molecule has 0 unspecified atom stereocenters. The first kappa shape index (κ1) is 13.0. The molecule has 1 N–H and O–H groups in total. The van der Waals surface area contributed by atoms with E-state index in [0.29, 0.717) is 17.9 Å². The van der Waals surface area contributed by atoms with Gasteiger partial charge in [0.25, 0.3) is 0 Å². The van der Waals surface area contributed by atoms with Crippen LogP contribution in [0.1, 0.15) is 24.8 Å². The number of halogens is 1. The number of carbonyl (C=O) groups excluding carboxylic acids is 1. The number of hydrogen-bond acceptors (Lipinski definition) is 2. The topological polar surface area (TPSA) is 38.3 Å². The molecule has 0 aliphatic carbocycles. The summed E-state index contributed by atoms with van der Waals surface area (Å²) in [6.45, 7) is 1.74. The highest BCUT2D eigenvalue weighted by atomic mass is 19.1. The third-order valence-corrected chi connectivity index (χ3v) is 3.25. The van der Waals surface area contributed by atoms with E-state index in [4.69, 9.17) is 4.74 Å². The van der Waals surface area contributed by atoms with Crippen molar-refractivity contribution in [2.24, 2.45) is 5.92 Å². The van der Waals surface area contributed by atoms with Gasteiger partial charge in [0.15, 0.2) is 0 Å². The number of carbonyl (C=O) groups is 1. The minimum absolute atomic E-state index is 0.00912. The zero-order valence-corrected chi connectivity index (χ0v) is 10.3. The smallest absolute Gasteiger partial charge is 0.220 e. The van der Waals surface area contributed by atoms with Crippen LogP contribution in [0.15, 0.2) is 24.3 Å². The molecule has 1 amide bonds. The lowest BCUT2D eigenvalue weighted by Gasteiger charge is -2.21. The Bertz CT molecular complexity index is 403. The van der Waals surface area contributed by atoms with Gasteiger partial charge in [0.2, 0.25) is 5.91 Å². The molecule has 4 heteroatoms. The van der Waals surface area contributed by atoms with Crippen LogP contribution >= 0.6 is 0 Å². The highest BCUT2D eigenvalue weighted by molar-refractivity contribution is 5.76. The zero-order chi connectivity index (χ0) is 12.8. The molecule has 1 aliphatic rings. The summed E-state index contributed by atoms with van der Waals surface area (Å²) in [5, 5.41) is 2.77. The molecular weight excluding hydrogens is 233 g/mol. The Kier molecular flexibility index (Phi) is 4.70. The molecular formula is C14H18FNO2. The molecule has 0 aromatic heterocycles. The summed E-state index contributed by atoms with van der Waals surface area (Å²) in [5.41, 5.74) is 0.526. The second kappa shape index (κ2) is 6.50. The Balaban J connectivity index is 1.76. The van der Waals surface area contributed by atoms with Crippen molar-refractivity contribution in [1.82, 2.24) is 5.32 Å². The predicted molar refractivity (Wildman–Crippen MR) is 66.4 cm³/mol. The third-order valence-electron chi connectivity index (χ3n) is 3.25. The highest BCUT2D eigenvalue weighted by Gasteiger charge is 2.17. The summed E-state index contributed by atoms with van der Waals surface area (Å²) in [6.07, 6.45) is 2.39. The average Bonchev–Trinajstić information content (AvgIpc) is 2.39. The van der Waals surface area contributed by atoms with Crippen molar-refractivity contribution in [3.63, 3.8) is 0 Å². The largest absolute Gasteiger partial charge is 0.381 e. The average molecular weight is 251 g/mol. The van der Waals surface area contributed by atoms with Gasteiger partial charge in [-0.25, -0.2) is 4.39 Å². The normalized spacial score (nSPS) is 16.5. The fourth-order valence-electron chi connectivity index (χ4n) is 2.12. The van der Waals surface area contributed by atoms with Gasteiger partial charge in [-0.2, -0.15) is 0 Å². The Hall–Kier alpha value is -1.42. The monoisotopic (exact) mass is 251 g/mol. The van der Waals surface area contributed by atoms with E-state index in [2.05, 4.69) is 5.32 Å². The van der Waals surface area contributed by atoms with E-state index in [-0.39, 0.29) is 18.3 Å². The fraction of sp³-hybridized carbons (Fsp3) is 0.500. The Morgan fingerprint density at radius 3 is 2.78 bits per heavy atom. The van der Waals surface area contributed by atoms with Crippen LogP contribution in [0.4, 0.5) is 4.39 Å². The van der Waals surface area contributed by atoms with E-state index in [9.17, 15) is 9.18 Å². The van der Waals surface area contributed by atoms with E-state index in [1.807, 2.05) is 0 Å². The summed E-state index contributed by atoms with van der Waals surface area (Å²) >= 11 is 0. The van der Waals surface area contributed by atoms with Crippen LogP contribution in [-0.4, -0.2) is 19.1 Å². The third kappa shape index (κ3) is 3.81. The number of ether oxygens (including phenoxy) is 1. The molecule has 0 radical (unpaired) electrons. The van der Waals surface area contributed by atoms with Crippen LogP contribution in [-0.2, 0) is 16.1 Å². The second-order valence-electron chi connectivity index (χ2n) is 4.63. The first-order valence-corrected chi connectivity index (χ1v) is 6.33. The molecule has 18 heavy (non-hydrogen) atoms. The van der Waals surface area contributed by atoms with Gasteiger partial charge < -0.3 is 10.1 Å². The van der Waals surface area contributed by atoms with Crippen LogP contribution < -0.4 is 5.32 Å². The highest BCUT2D eigenvalue weighted by Crippen LogP contribution is 2.18. The molecule has 3 nitrogen and oxygen atoms in total. The summed E-state index contributed by atoms with van der Waals surface area (Å²) in [7, 11) is 0.